The molecule has 3 nitrogen and oxygen atoms in total. The third-order valence-corrected chi connectivity index (χ3v) is 4.19. The SMILES string of the molecule is CC(C)CS(=O)CC(O)c1ccc(CN)cc1. The van der Waals surface area contributed by atoms with Gasteiger partial charge >= 0.3 is 0 Å². The van der Waals surface area contributed by atoms with Crippen molar-refractivity contribution >= 4 is 10.8 Å². The molecule has 0 heterocycles. The summed E-state index contributed by atoms with van der Waals surface area (Å²) in [5, 5.41) is 9.94. The van der Waals surface area contributed by atoms with Gasteiger partial charge < -0.3 is 10.8 Å². The molecule has 0 amide bonds. The minimum Gasteiger partial charge on any atom is -0.387 e. The third-order valence-electron chi connectivity index (χ3n) is 2.46. The van der Waals surface area contributed by atoms with Crippen LogP contribution in [0.1, 0.15) is 31.1 Å². The molecule has 0 aliphatic carbocycles. The molecular weight excluding hydrogens is 234 g/mol. The van der Waals surface area contributed by atoms with E-state index in [9.17, 15) is 9.32 Å². The van der Waals surface area contributed by atoms with Crippen LogP contribution in [0, 0.1) is 5.92 Å². The molecule has 96 valence electrons. The molecule has 0 fully saturated rings. The van der Waals surface area contributed by atoms with E-state index in [0.29, 0.717) is 24.0 Å². The largest absolute Gasteiger partial charge is 0.387 e. The minimum atomic E-state index is -0.963. The summed E-state index contributed by atoms with van der Waals surface area (Å²) in [7, 11) is -0.963. The van der Waals surface area contributed by atoms with Crippen LogP contribution in [-0.2, 0) is 17.3 Å². The monoisotopic (exact) mass is 255 g/mol. The highest BCUT2D eigenvalue weighted by molar-refractivity contribution is 7.85. The Bertz CT molecular complexity index is 362. The van der Waals surface area contributed by atoms with Gasteiger partial charge in [-0.2, -0.15) is 0 Å². The van der Waals surface area contributed by atoms with E-state index in [1.165, 1.54) is 0 Å². The molecule has 0 aromatic heterocycles. The molecule has 0 bridgehead atoms. The average molecular weight is 255 g/mol. The van der Waals surface area contributed by atoms with Gasteiger partial charge in [0.1, 0.15) is 0 Å². The van der Waals surface area contributed by atoms with Gasteiger partial charge in [-0.3, -0.25) is 4.21 Å². The molecule has 0 saturated heterocycles. The maximum absolute atomic E-state index is 11.7. The lowest BCUT2D eigenvalue weighted by Gasteiger charge is -2.12. The lowest BCUT2D eigenvalue weighted by Crippen LogP contribution is -2.14. The second-order valence-corrected chi connectivity index (χ2v) is 6.17. The summed E-state index contributed by atoms with van der Waals surface area (Å²) < 4.78 is 11.7. The van der Waals surface area contributed by atoms with Crippen molar-refractivity contribution in [3.05, 3.63) is 35.4 Å². The smallest absolute Gasteiger partial charge is 0.0905 e. The molecule has 2 atom stereocenters. The van der Waals surface area contributed by atoms with E-state index >= 15 is 0 Å². The summed E-state index contributed by atoms with van der Waals surface area (Å²) in [5.41, 5.74) is 7.34. The zero-order valence-corrected chi connectivity index (χ0v) is 11.2. The predicted octanol–water partition coefficient (Wildman–Crippen LogP) is 1.58. The number of nitrogens with two attached hydrogens (primary N) is 1. The van der Waals surface area contributed by atoms with Crippen LogP contribution in [0.4, 0.5) is 0 Å². The molecule has 0 spiro atoms. The Morgan fingerprint density at radius 1 is 1.24 bits per heavy atom. The number of rotatable bonds is 6. The van der Waals surface area contributed by atoms with Crippen LogP contribution in [0.2, 0.25) is 0 Å². The number of aliphatic hydroxyl groups is 1. The fourth-order valence-corrected chi connectivity index (χ4v) is 3.01. The molecule has 0 aliphatic rings. The molecule has 2 unspecified atom stereocenters. The van der Waals surface area contributed by atoms with E-state index < -0.39 is 16.9 Å². The van der Waals surface area contributed by atoms with E-state index in [1.54, 1.807) is 0 Å². The molecule has 0 saturated carbocycles. The van der Waals surface area contributed by atoms with Crippen molar-refractivity contribution < 1.29 is 9.32 Å². The standard InChI is InChI=1S/C13H21NO2S/c1-10(2)8-17(16)9-13(15)12-5-3-11(7-14)4-6-12/h3-6,10,13,15H,7-9,14H2,1-2H3. The predicted molar refractivity (Wildman–Crippen MR) is 72.0 cm³/mol. The van der Waals surface area contributed by atoms with Crippen molar-refractivity contribution in [1.82, 2.24) is 0 Å². The Labute approximate surface area is 105 Å². The summed E-state index contributed by atoms with van der Waals surface area (Å²) in [4.78, 5) is 0. The highest BCUT2D eigenvalue weighted by atomic mass is 32.2. The van der Waals surface area contributed by atoms with Crippen molar-refractivity contribution in [2.45, 2.75) is 26.5 Å². The van der Waals surface area contributed by atoms with Crippen molar-refractivity contribution in [3.63, 3.8) is 0 Å². The Morgan fingerprint density at radius 2 is 1.82 bits per heavy atom. The number of hydrogen-bond donors (Lipinski definition) is 2. The Hall–Kier alpha value is -0.710. The number of aliphatic hydroxyl groups excluding tert-OH is 1. The quantitative estimate of drug-likeness (QED) is 0.811. The topological polar surface area (TPSA) is 63.3 Å². The normalized spacial score (nSPS) is 14.9. The third kappa shape index (κ3) is 4.98. The molecule has 1 aromatic rings. The first-order valence-electron chi connectivity index (χ1n) is 5.85. The van der Waals surface area contributed by atoms with Gasteiger partial charge in [0, 0.05) is 23.1 Å². The highest BCUT2D eigenvalue weighted by Crippen LogP contribution is 2.15. The van der Waals surface area contributed by atoms with Crippen LogP contribution < -0.4 is 5.73 Å². The molecular formula is C13H21NO2S. The summed E-state index contributed by atoms with van der Waals surface area (Å²) in [6.07, 6.45) is -0.651. The second-order valence-electron chi connectivity index (χ2n) is 4.63. The molecule has 3 N–H and O–H groups in total. The van der Waals surface area contributed by atoms with Gasteiger partial charge in [-0.05, 0) is 17.0 Å². The van der Waals surface area contributed by atoms with Crippen LogP contribution in [0.25, 0.3) is 0 Å². The minimum absolute atomic E-state index is 0.306. The van der Waals surface area contributed by atoms with Crippen molar-refractivity contribution in [2.75, 3.05) is 11.5 Å². The zero-order valence-electron chi connectivity index (χ0n) is 10.4. The maximum Gasteiger partial charge on any atom is 0.0905 e. The van der Waals surface area contributed by atoms with E-state index in [-0.39, 0.29) is 0 Å². The molecule has 4 heteroatoms. The van der Waals surface area contributed by atoms with E-state index in [0.717, 1.165) is 11.1 Å². The first-order valence-corrected chi connectivity index (χ1v) is 7.33. The van der Waals surface area contributed by atoms with Gasteiger partial charge in [-0.25, -0.2) is 0 Å². The Balaban J connectivity index is 2.56. The summed E-state index contributed by atoms with van der Waals surface area (Å²) in [5.74, 6) is 1.33. The van der Waals surface area contributed by atoms with Crippen LogP contribution in [0.3, 0.4) is 0 Å². The van der Waals surface area contributed by atoms with E-state index in [1.807, 2.05) is 38.1 Å². The molecule has 0 aliphatic heterocycles. The summed E-state index contributed by atoms with van der Waals surface area (Å²) in [6, 6.07) is 7.48. The fraction of sp³-hybridized carbons (Fsp3) is 0.538. The molecule has 1 rings (SSSR count). The lowest BCUT2D eigenvalue weighted by atomic mass is 10.1. The van der Waals surface area contributed by atoms with Crippen molar-refractivity contribution in [3.8, 4) is 0 Å². The number of benzene rings is 1. The molecule has 0 radical (unpaired) electrons. The van der Waals surface area contributed by atoms with Crippen LogP contribution in [0.15, 0.2) is 24.3 Å². The van der Waals surface area contributed by atoms with Crippen molar-refractivity contribution in [2.24, 2.45) is 11.7 Å². The number of hydrogen-bond acceptors (Lipinski definition) is 3. The highest BCUT2D eigenvalue weighted by Gasteiger charge is 2.12. The van der Waals surface area contributed by atoms with Gasteiger partial charge in [-0.1, -0.05) is 38.1 Å². The van der Waals surface area contributed by atoms with E-state index in [4.69, 9.17) is 5.73 Å². The lowest BCUT2D eigenvalue weighted by molar-refractivity contribution is 0.203. The van der Waals surface area contributed by atoms with Crippen LogP contribution in [0.5, 0.6) is 0 Å². The van der Waals surface area contributed by atoms with Crippen molar-refractivity contribution in [1.29, 1.82) is 0 Å². The fourth-order valence-electron chi connectivity index (χ4n) is 1.59. The summed E-state index contributed by atoms with van der Waals surface area (Å²) in [6.45, 7) is 4.55. The zero-order chi connectivity index (χ0) is 12.8. The van der Waals surface area contributed by atoms with Gasteiger partial charge in [0.25, 0.3) is 0 Å². The van der Waals surface area contributed by atoms with Gasteiger partial charge in [0.05, 0.1) is 11.9 Å². The Kier molecular flexibility index (Phi) is 5.82. The second kappa shape index (κ2) is 6.89. The molecule has 1 aromatic carbocycles. The first kappa shape index (κ1) is 14.4. The molecule has 17 heavy (non-hydrogen) atoms. The maximum atomic E-state index is 11.7. The van der Waals surface area contributed by atoms with Gasteiger partial charge in [-0.15, -0.1) is 0 Å². The van der Waals surface area contributed by atoms with E-state index in [2.05, 4.69) is 0 Å². The van der Waals surface area contributed by atoms with Crippen LogP contribution in [-0.4, -0.2) is 20.8 Å². The average Bonchev–Trinajstić information content (AvgIpc) is 2.28. The van der Waals surface area contributed by atoms with Gasteiger partial charge in [0.2, 0.25) is 0 Å². The van der Waals surface area contributed by atoms with Gasteiger partial charge in [0.15, 0.2) is 0 Å². The first-order chi connectivity index (χ1) is 8.02. The Morgan fingerprint density at radius 3 is 2.29 bits per heavy atom. The summed E-state index contributed by atoms with van der Waals surface area (Å²) >= 11 is 0. The van der Waals surface area contributed by atoms with Crippen LogP contribution >= 0.6 is 0 Å².